The number of rotatable bonds is 2. The lowest BCUT2D eigenvalue weighted by Crippen LogP contribution is -2.67. The summed E-state index contributed by atoms with van der Waals surface area (Å²) >= 11 is 0. The van der Waals surface area contributed by atoms with Crippen molar-refractivity contribution in [2.24, 2.45) is 5.41 Å². The third kappa shape index (κ3) is 3.45. The van der Waals surface area contributed by atoms with Crippen molar-refractivity contribution in [1.82, 2.24) is 14.9 Å². The van der Waals surface area contributed by atoms with E-state index in [0.29, 0.717) is 25.9 Å². The minimum Gasteiger partial charge on any atom is -0.444 e. The lowest BCUT2D eigenvalue weighted by atomic mass is 9.63. The van der Waals surface area contributed by atoms with Gasteiger partial charge in [0.25, 0.3) is 0 Å². The van der Waals surface area contributed by atoms with E-state index in [2.05, 4.69) is 9.97 Å². The van der Waals surface area contributed by atoms with Crippen molar-refractivity contribution >= 4 is 17.7 Å². The summed E-state index contributed by atoms with van der Waals surface area (Å²) in [5.74, 6) is 0.0741. The number of nitrogens with zero attached hydrogens (tertiary/aromatic N) is 4. The monoisotopic (exact) mass is 394 g/mol. The number of likely N-dealkylation sites (tertiary alicyclic amines) is 1. The summed E-state index contributed by atoms with van der Waals surface area (Å²) < 4.78 is 5.50. The van der Waals surface area contributed by atoms with Crippen molar-refractivity contribution in [2.45, 2.75) is 45.3 Å². The fraction of sp³-hybridized carbons (Fsp3) is 0.455. The molecule has 4 heterocycles. The maximum absolute atomic E-state index is 13.4. The zero-order valence-electron chi connectivity index (χ0n) is 17.0. The van der Waals surface area contributed by atoms with Gasteiger partial charge in [0.1, 0.15) is 5.60 Å². The maximum atomic E-state index is 13.4. The van der Waals surface area contributed by atoms with Crippen LogP contribution in [0.2, 0.25) is 0 Å². The molecular formula is C22H26N4O3. The normalized spacial score (nSPS) is 21.1. The van der Waals surface area contributed by atoms with Gasteiger partial charge in [-0.15, -0.1) is 0 Å². The van der Waals surface area contributed by atoms with Crippen LogP contribution in [-0.2, 0) is 9.53 Å². The average Bonchev–Trinajstić information content (AvgIpc) is 2.71. The first-order valence-corrected chi connectivity index (χ1v) is 9.94. The summed E-state index contributed by atoms with van der Waals surface area (Å²) in [6.45, 7) is 6.55. The molecule has 152 valence electrons. The van der Waals surface area contributed by atoms with Crippen molar-refractivity contribution in [1.29, 1.82) is 0 Å². The third-order valence-corrected chi connectivity index (χ3v) is 5.63. The topological polar surface area (TPSA) is 75.6 Å². The van der Waals surface area contributed by atoms with Gasteiger partial charge in [-0.3, -0.25) is 14.8 Å². The van der Waals surface area contributed by atoms with Crippen LogP contribution in [0.25, 0.3) is 0 Å². The summed E-state index contributed by atoms with van der Waals surface area (Å²) in [5.41, 5.74) is 0.546. The van der Waals surface area contributed by atoms with Gasteiger partial charge in [0.2, 0.25) is 5.91 Å². The number of aromatic nitrogens is 2. The average molecular weight is 394 g/mol. The number of pyridine rings is 2. The Kier molecular flexibility index (Phi) is 4.76. The van der Waals surface area contributed by atoms with Crippen LogP contribution in [0, 0.1) is 5.41 Å². The molecule has 1 unspecified atom stereocenters. The van der Waals surface area contributed by atoms with E-state index in [4.69, 9.17) is 4.74 Å². The number of anilines is 1. The van der Waals surface area contributed by atoms with Gasteiger partial charge >= 0.3 is 6.09 Å². The number of hydrogen-bond donors (Lipinski definition) is 0. The summed E-state index contributed by atoms with van der Waals surface area (Å²) in [7, 11) is 0. The molecule has 29 heavy (non-hydrogen) atoms. The number of piperidine rings is 1. The van der Waals surface area contributed by atoms with Gasteiger partial charge in [-0.2, -0.15) is 0 Å². The van der Waals surface area contributed by atoms with E-state index in [1.165, 1.54) is 0 Å². The van der Waals surface area contributed by atoms with Crippen LogP contribution in [0.5, 0.6) is 0 Å². The van der Waals surface area contributed by atoms with Crippen molar-refractivity contribution in [3.05, 3.63) is 54.6 Å². The molecule has 0 aromatic carbocycles. The second-order valence-electron chi connectivity index (χ2n) is 8.67. The molecule has 2 aliphatic rings. The Balaban J connectivity index is 1.58. The van der Waals surface area contributed by atoms with Gasteiger partial charge in [0.05, 0.1) is 29.0 Å². The molecule has 2 saturated heterocycles. The Hall–Kier alpha value is -2.96. The smallest absolute Gasteiger partial charge is 0.410 e. The number of carbonyl (C=O) groups excluding carboxylic acids is 2. The summed E-state index contributed by atoms with van der Waals surface area (Å²) in [4.78, 5) is 38.0. The molecule has 2 amide bonds. The van der Waals surface area contributed by atoms with Crippen molar-refractivity contribution in [3.8, 4) is 0 Å². The minimum atomic E-state index is -0.553. The highest BCUT2D eigenvalue weighted by Crippen LogP contribution is 2.56. The van der Waals surface area contributed by atoms with E-state index in [1.807, 2.05) is 51.1 Å². The van der Waals surface area contributed by atoms with Gasteiger partial charge in [-0.1, -0.05) is 6.07 Å². The quantitative estimate of drug-likeness (QED) is 0.728. The maximum Gasteiger partial charge on any atom is 0.410 e. The molecule has 2 fully saturated rings. The molecule has 0 bridgehead atoms. The molecule has 0 N–H and O–H groups in total. The number of carbonyl (C=O) groups is 2. The first-order chi connectivity index (χ1) is 13.8. The molecule has 2 aromatic heterocycles. The highest BCUT2D eigenvalue weighted by Gasteiger charge is 2.63. The lowest BCUT2D eigenvalue weighted by molar-refractivity contribution is -0.145. The van der Waals surface area contributed by atoms with Crippen LogP contribution in [0.3, 0.4) is 0 Å². The highest BCUT2D eigenvalue weighted by atomic mass is 16.6. The molecular weight excluding hydrogens is 368 g/mol. The predicted molar refractivity (Wildman–Crippen MR) is 108 cm³/mol. The Morgan fingerprint density at radius 1 is 1.14 bits per heavy atom. The first kappa shape index (κ1) is 19.4. The van der Waals surface area contributed by atoms with E-state index >= 15 is 0 Å². The van der Waals surface area contributed by atoms with Gasteiger partial charge in [0.15, 0.2) is 0 Å². The van der Waals surface area contributed by atoms with E-state index < -0.39 is 11.0 Å². The molecule has 7 nitrogen and oxygen atoms in total. The van der Waals surface area contributed by atoms with E-state index in [0.717, 1.165) is 11.4 Å². The molecule has 2 aliphatic heterocycles. The number of β-lactam (4-membered cyclic amide) rings is 1. The molecule has 4 rings (SSSR count). The molecule has 2 aromatic rings. The van der Waals surface area contributed by atoms with Crippen molar-refractivity contribution in [3.63, 3.8) is 0 Å². The van der Waals surface area contributed by atoms with Gasteiger partial charge in [0, 0.05) is 25.5 Å². The minimum absolute atomic E-state index is 0.0741. The molecule has 1 spiro atoms. The predicted octanol–water partition coefficient (Wildman–Crippen LogP) is 3.58. The number of amides is 2. The SMILES string of the molecule is CC(C)(C)OC(=O)N1CCC2(CC1)C(=O)N(c1cccnc1)C2c1ccccn1. The number of ether oxygens (including phenoxy) is 1. The third-order valence-electron chi connectivity index (χ3n) is 5.63. The van der Waals surface area contributed by atoms with Crippen LogP contribution in [0.4, 0.5) is 10.5 Å². The van der Waals surface area contributed by atoms with Crippen LogP contribution in [0.1, 0.15) is 45.3 Å². The Morgan fingerprint density at radius 3 is 2.48 bits per heavy atom. The van der Waals surface area contributed by atoms with Crippen LogP contribution in [0.15, 0.2) is 48.9 Å². The Morgan fingerprint density at radius 2 is 1.90 bits per heavy atom. The zero-order valence-corrected chi connectivity index (χ0v) is 17.0. The van der Waals surface area contributed by atoms with Gasteiger partial charge in [-0.25, -0.2) is 4.79 Å². The van der Waals surface area contributed by atoms with Crippen molar-refractivity contribution in [2.75, 3.05) is 18.0 Å². The summed E-state index contributed by atoms with van der Waals surface area (Å²) in [5, 5.41) is 0. The first-order valence-electron chi connectivity index (χ1n) is 9.94. The molecule has 1 atom stereocenters. The Labute approximate surface area is 170 Å². The van der Waals surface area contributed by atoms with Crippen LogP contribution >= 0.6 is 0 Å². The van der Waals surface area contributed by atoms with Crippen molar-refractivity contribution < 1.29 is 14.3 Å². The number of hydrogen-bond acceptors (Lipinski definition) is 5. The molecule has 0 aliphatic carbocycles. The lowest BCUT2D eigenvalue weighted by Gasteiger charge is -2.58. The highest BCUT2D eigenvalue weighted by molar-refractivity contribution is 6.06. The second kappa shape index (κ2) is 7.13. The molecule has 0 saturated carbocycles. The summed E-state index contributed by atoms with van der Waals surface area (Å²) in [6.07, 6.45) is 6.00. The van der Waals surface area contributed by atoms with E-state index in [-0.39, 0.29) is 18.0 Å². The molecule has 7 heteroatoms. The second-order valence-corrected chi connectivity index (χ2v) is 8.67. The van der Waals surface area contributed by atoms with Crippen LogP contribution in [-0.4, -0.2) is 45.6 Å². The largest absolute Gasteiger partial charge is 0.444 e. The Bertz CT molecular complexity index is 887. The standard InChI is InChI=1S/C22H26N4O3/c1-21(2,3)29-20(28)25-13-9-22(10-14-25)18(17-8-4-5-12-24-17)26(19(22)27)16-7-6-11-23-15-16/h4-8,11-12,15,18H,9-10,13-14H2,1-3H3. The fourth-order valence-electron chi connectivity index (χ4n) is 4.27. The van der Waals surface area contributed by atoms with Crippen LogP contribution < -0.4 is 4.90 Å². The zero-order chi connectivity index (χ0) is 20.6. The molecule has 0 radical (unpaired) electrons. The van der Waals surface area contributed by atoms with Gasteiger partial charge < -0.3 is 14.5 Å². The van der Waals surface area contributed by atoms with E-state index in [9.17, 15) is 9.59 Å². The van der Waals surface area contributed by atoms with Gasteiger partial charge in [-0.05, 0) is 57.9 Å². The fourth-order valence-corrected chi connectivity index (χ4v) is 4.27. The summed E-state index contributed by atoms with van der Waals surface area (Å²) in [6, 6.07) is 9.33. The van der Waals surface area contributed by atoms with E-state index in [1.54, 1.807) is 28.4 Å².